The van der Waals surface area contributed by atoms with Gasteiger partial charge in [-0.1, -0.05) is 12.1 Å². The van der Waals surface area contributed by atoms with Crippen LogP contribution in [0.3, 0.4) is 0 Å². The molecule has 3 rings (SSSR count). The number of hydrogen-bond donors (Lipinski definition) is 2. The molecule has 23 heavy (non-hydrogen) atoms. The zero-order chi connectivity index (χ0) is 16.2. The van der Waals surface area contributed by atoms with Gasteiger partial charge >= 0.3 is 0 Å². The van der Waals surface area contributed by atoms with Crippen molar-refractivity contribution in [1.29, 1.82) is 0 Å². The molecule has 0 atom stereocenters. The second-order valence-corrected chi connectivity index (χ2v) is 5.14. The van der Waals surface area contributed by atoms with Crippen LogP contribution in [0.4, 0.5) is 0 Å². The molecule has 0 radical (unpaired) electrons. The summed E-state index contributed by atoms with van der Waals surface area (Å²) in [7, 11) is 1.84. The van der Waals surface area contributed by atoms with E-state index in [1.807, 2.05) is 37.5 Å². The largest absolute Gasteiger partial charge is 0.346 e. The van der Waals surface area contributed by atoms with E-state index in [1.165, 1.54) is 0 Å². The van der Waals surface area contributed by atoms with E-state index < -0.39 is 0 Å². The molecule has 0 bridgehead atoms. The van der Waals surface area contributed by atoms with Crippen molar-refractivity contribution in [2.75, 3.05) is 0 Å². The van der Waals surface area contributed by atoms with E-state index in [2.05, 4.69) is 15.5 Å². The van der Waals surface area contributed by atoms with E-state index in [-0.39, 0.29) is 5.91 Å². The zero-order valence-electron chi connectivity index (χ0n) is 12.8. The van der Waals surface area contributed by atoms with Crippen LogP contribution >= 0.6 is 0 Å². The minimum atomic E-state index is -0.161. The minimum Gasteiger partial charge on any atom is -0.346 e. The molecule has 2 heterocycles. The summed E-state index contributed by atoms with van der Waals surface area (Å²) >= 11 is 0. The smallest absolute Gasteiger partial charge is 0.253 e. The molecule has 0 unspecified atom stereocenters. The second kappa shape index (κ2) is 6.45. The number of hydrogen-bond acceptors (Lipinski definition) is 4. The van der Waals surface area contributed by atoms with Gasteiger partial charge in [0.1, 0.15) is 0 Å². The number of nitrogens with one attached hydrogen (secondary N) is 1. The van der Waals surface area contributed by atoms with Crippen molar-refractivity contribution in [2.45, 2.75) is 13.1 Å². The third-order valence-corrected chi connectivity index (χ3v) is 3.62. The molecule has 3 aromatic rings. The lowest BCUT2D eigenvalue weighted by atomic mass is 10.1. The van der Waals surface area contributed by atoms with Gasteiger partial charge in [-0.2, -0.15) is 10.2 Å². The van der Waals surface area contributed by atoms with Crippen LogP contribution in [-0.4, -0.2) is 25.5 Å². The van der Waals surface area contributed by atoms with Gasteiger partial charge in [0, 0.05) is 31.5 Å². The van der Waals surface area contributed by atoms with Crippen molar-refractivity contribution >= 4 is 5.91 Å². The lowest BCUT2D eigenvalue weighted by Gasteiger charge is -2.10. The number of para-hydroxylation sites is 1. The predicted molar refractivity (Wildman–Crippen MR) is 85.8 cm³/mol. The van der Waals surface area contributed by atoms with E-state index in [0.29, 0.717) is 18.7 Å². The number of benzene rings is 1. The van der Waals surface area contributed by atoms with Gasteiger partial charge in [0.15, 0.2) is 0 Å². The molecule has 0 aliphatic carbocycles. The topological polar surface area (TPSA) is 90.8 Å². The Morgan fingerprint density at radius 2 is 2.09 bits per heavy atom. The second-order valence-electron chi connectivity index (χ2n) is 5.14. The average Bonchev–Trinajstić information content (AvgIpc) is 3.21. The Balaban J connectivity index is 1.82. The fourth-order valence-corrected chi connectivity index (χ4v) is 2.30. The lowest BCUT2D eigenvalue weighted by Crippen LogP contribution is -2.25. The molecule has 1 aromatic carbocycles. The maximum Gasteiger partial charge on any atom is 0.253 e. The molecule has 0 aliphatic heterocycles. The third kappa shape index (κ3) is 3.14. The molecule has 3 N–H and O–H groups in total. The van der Waals surface area contributed by atoms with E-state index in [0.717, 1.165) is 16.9 Å². The van der Waals surface area contributed by atoms with Crippen molar-refractivity contribution in [1.82, 2.24) is 24.9 Å². The summed E-state index contributed by atoms with van der Waals surface area (Å²) in [6, 6.07) is 9.20. The van der Waals surface area contributed by atoms with Crippen molar-refractivity contribution in [3.63, 3.8) is 0 Å². The highest BCUT2D eigenvalue weighted by Crippen LogP contribution is 2.14. The molecule has 0 spiro atoms. The Bertz CT molecular complexity index is 819. The van der Waals surface area contributed by atoms with Crippen molar-refractivity contribution in [2.24, 2.45) is 12.8 Å². The van der Waals surface area contributed by atoms with Crippen LogP contribution in [-0.2, 0) is 20.1 Å². The molecule has 0 saturated carbocycles. The lowest BCUT2D eigenvalue weighted by molar-refractivity contribution is 0.0950. The number of nitrogens with zero attached hydrogens (tertiary/aromatic N) is 4. The first-order chi connectivity index (χ1) is 11.2. The number of amides is 1. The highest BCUT2D eigenvalue weighted by atomic mass is 16.1. The van der Waals surface area contributed by atoms with Crippen molar-refractivity contribution < 1.29 is 4.79 Å². The maximum atomic E-state index is 12.5. The highest BCUT2D eigenvalue weighted by Gasteiger charge is 2.13. The van der Waals surface area contributed by atoms with E-state index >= 15 is 0 Å². The summed E-state index contributed by atoms with van der Waals surface area (Å²) in [5.74, 6) is -0.161. The fraction of sp³-hybridized carbons (Fsp3) is 0.188. The molecule has 7 heteroatoms. The molecule has 0 aliphatic rings. The first-order valence-electron chi connectivity index (χ1n) is 7.27. The monoisotopic (exact) mass is 310 g/mol. The molecule has 0 fully saturated rings. The van der Waals surface area contributed by atoms with Gasteiger partial charge in [-0.15, -0.1) is 0 Å². The zero-order valence-corrected chi connectivity index (χ0v) is 12.8. The Morgan fingerprint density at radius 1 is 1.26 bits per heavy atom. The summed E-state index contributed by atoms with van der Waals surface area (Å²) in [6.45, 7) is 0.825. The summed E-state index contributed by atoms with van der Waals surface area (Å²) in [5.41, 5.74) is 8.73. The van der Waals surface area contributed by atoms with Gasteiger partial charge in [-0.25, -0.2) is 4.68 Å². The van der Waals surface area contributed by atoms with Crippen LogP contribution in [0.2, 0.25) is 0 Å². The van der Waals surface area contributed by atoms with Crippen molar-refractivity contribution in [3.05, 3.63) is 65.7 Å². The summed E-state index contributed by atoms with van der Waals surface area (Å²) < 4.78 is 3.40. The first kappa shape index (κ1) is 15.0. The van der Waals surface area contributed by atoms with Crippen LogP contribution in [0, 0.1) is 0 Å². The fourth-order valence-electron chi connectivity index (χ4n) is 2.30. The highest BCUT2D eigenvalue weighted by molar-refractivity contribution is 5.97. The SMILES string of the molecule is Cn1nccc1CNC(=O)c1ccccc1-n1cc(CN)cn1. The molecule has 2 aromatic heterocycles. The van der Waals surface area contributed by atoms with Crippen LogP contribution in [0.1, 0.15) is 21.6 Å². The summed E-state index contributed by atoms with van der Waals surface area (Å²) in [6.07, 6.45) is 5.23. The van der Waals surface area contributed by atoms with Gasteiger partial charge in [-0.05, 0) is 18.2 Å². The van der Waals surface area contributed by atoms with Gasteiger partial charge < -0.3 is 11.1 Å². The normalized spacial score (nSPS) is 10.7. The molecule has 0 saturated heterocycles. The van der Waals surface area contributed by atoms with Gasteiger partial charge in [0.05, 0.1) is 29.7 Å². The molecular weight excluding hydrogens is 292 g/mol. The summed E-state index contributed by atoms with van der Waals surface area (Å²) in [5, 5.41) is 11.3. The minimum absolute atomic E-state index is 0.161. The quantitative estimate of drug-likeness (QED) is 0.735. The van der Waals surface area contributed by atoms with Crippen LogP contribution in [0.25, 0.3) is 5.69 Å². The van der Waals surface area contributed by atoms with Crippen LogP contribution in [0.5, 0.6) is 0 Å². The molecule has 7 nitrogen and oxygen atoms in total. The number of carbonyl (C=O) groups is 1. The molecule has 1 amide bonds. The maximum absolute atomic E-state index is 12.5. The Morgan fingerprint density at radius 3 is 2.78 bits per heavy atom. The van der Waals surface area contributed by atoms with Gasteiger partial charge in [0.25, 0.3) is 5.91 Å². The van der Waals surface area contributed by atoms with E-state index in [4.69, 9.17) is 5.73 Å². The van der Waals surface area contributed by atoms with E-state index in [1.54, 1.807) is 27.8 Å². The Hall–Kier alpha value is -2.93. The van der Waals surface area contributed by atoms with Crippen molar-refractivity contribution in [3.8, 4) is 5.69 Å². The van der Waals surface area contributed by atoms with Crippen LogP contribution < -0.4 is 11.1 Å². The third-order valence-electron chi connectivity index (χ3n) is 3.62. The summed E-state index contributed by atoms with van der Waals surface area (Å²) in [4.78, 5) is 12.5. The number of aryl methyl sites for hydroxylation is 1. The van der Waals surface area contributed by atoms with Gasteiger partial charge in [-0.3, -0.25) is 9.48 Å². The number of aromatic nitrogens is 4. The number of nitrogens with two attached hydrogens (primary N) is 1. The standard InChI is InChI=1S/C16H18N6O/c1-21-13(6-7-19-21)10-18-16(23)14-4-2-3-5-15(14)22-11-12(8-17)9-20-22/h2-7,9,11H,8,10,17H2,1H3,(H,18,23). The number of carbonyl (C=O) groups excluding carboxylic acids is 1. The Kier molecular flexibility index (Phi) is 4.20. The Labute approximate surface area is 133 Å². The molecular formula is C16H18N6O. The molecule has 118 valence electrons. The first-order valence-corrected chi connectivity index (χ1v) is 7.27. The van der Waals surface area contributed by atoms with Gasteiger partial charge in [0.2, 0.25) is 0 Å². The van der Waals surface area contributed by atoms with E-state index in [9.17, 15) is 4.79 Å². The van der Waals surface area contributed by atoms with Crippen LogP contribution in [0.15, 0.2) is 48.9 Å². The number of rotatable bonds is 5. The average molecular weight is 310 g/mol. The predicted octanol–water partition coefficient (Wildman–Crippen LogP) is 0.995.